The zero-order valence-corrected chi connectivity index (χ0v) is 7.39. The van der Waals surface area contributed by atoms with Gasteiger partial charge in [-0.2, -0.15) is 5.10 Å². The van der Waals surface area contributed by atoms with Crippen molar-refractivity contribution >= 4 is 5.82 Å². The minimum absolute atomic E-state index is 1.03. The number of hydrogen-bond acceptors (Lipinski definition) is 2. The number of rotatable bonds is 3. The Bertz CT molecular complexity index is 213. The summed E-state index contributed by atoms with van der Waals surface area (Å²) in [5, 5.41) is 6.96. The number of hydrogen-bond donors (Lipinski definition) is 1. The lowest BCUT2D eigenvalue weighted by atomic mass is 10.3. The van der Waals surface area contributed by atoms with Gasteiger partial charge in [0.05, 0.1) is 6.20 Å². The van der Waals surface area contributed by atoms with Crippen LogP contribution in [0, 0.1) is 6.92 Å². The predicted octanol–water partition coefficient (Wildman–Crippen LogP) is 1.56. The summed E-state index contributed by atoms with van der Waals surface area (Å²) in [7, 11) is 0. The fourth-order valence-corrected chi connectivity index (χ4v) is 1.20. The molecule has 11 heavy (non-hydrogen) atoms. The second kappa shape index (κ2) is 3.42. The topological polar surface area (TPSA) is 31.9 Å². The summed E-state index contributed by atoms with van der Waals surface area (Å²) in [6.07, 6.45) is 1.85. The molecule has 0 radical (unpaired) electrons. The molecule has 0 spiro atoms. The maximum atomic E-state index is 3.97. The summed E-state index contributed by atoms with van der Waals surface area (Å²) in [6, 6.07) is 0. The number of aryl methyl sites for hydroxylation is 1. The number of aromatic nitrogens is 2. The maximum absolute atomic E-state index is 3.97. The van der Waals surface area contributed by atoms with E-state index in [2.05, 4.69) is 35.9 Å². The molecule has 0 aliphatic rings. The van der Waals surface area contributed by atoms with Gasteiger partial charge in [-0.25, -0.2) is 0 Å². The average molecular weight is 153 g/mol. The minimum Gasteiger partial charge on any atom is -0.357 e. The van der Waals surface area contributed by atoms with Crippen molar-refractivity contribution in [3.05, 3.63) is 11.8 Å². The largest absolute Gasteiger partial charge is 0.357 e. The third kappa shape index (κ3) is 1.53. The predicted molar refractivity (Wildman–Crippen MR) is 46.9 cm³/mol. The number of nitrogens with zero attached hydrogens (tertiary/aromatic N) is 2. The molecule has 0 aromatic carbocycles. The van der Waals surface area contributed by atoms with Crippen LogP contribution >= 0.6 is 0 Å². The first-order valence-corrected chi connectivity index (χ1v) is 4.04. The van der Waals surface area contributed by atoms with Gasteiger partial charge in [0.15, 0.2) is 0 Å². The highest BCUT2D eigenvalue weighted by Crippen LogP contribution is 2.13. The van der Waals surface area contributed by atoms with Gasteiger partial charge in [-0.05, 0) is 20.8 Å². The van der Waals surface area contributed by atoms with Crippen molar-refractivity contribution in [1.29, 1.82) is 0 Å². The average Bonchev–Trinajstić information content (AvgIpc) is 2.40. The molecule has 1 heterocycles. The van der Waals surface area contributed by atoms with Gasteiger partial charge in [-0.3, -0.25) is 5.10 Å². The molecule has 62 valence electrons. The molecule has 0 saturated heterocycles. The van der Waals surface area contributed by atoms with E-state index in [0.29, 0.717) is 0 Å². The van der Waals surface area contributed by atoms with Gasteiger partial charge in [0, 0.05) is 18.7 Å². The van der Waals surface area contributed by atoms with Gasteiger partial charge in [-0.15, -0.1) is 0 Å². The Labute approximate surface area is 67.4 Å². The molecule has 0 bridgehead atoms. The van der Waals surface area contributed by atoms with E-state index in [4.69, 9.17) is 0 Å². The maximum Gasteiger partial charge on any atom is 0.126 e. The lowest BCUT2D eigenvalue weighted by Crippen LogP contribution is -2.22. The van der Waals surface area contributed by atoms with Gasteiger partial charge in [0.25, 0.3) is 0 Å². The molecule has 3 heteroatoms. The van der Waals surface area contributed by atoms with E-state index >= 15 is 0 Å². The Kier molecular flexibility index (Phi) is 2.52. The lowest BCUT2D eigenvalue weighted by molar-refractivity contribution is 0.836. The lowest BCUT2D eigenvalue weighted by Gasteiger charge is -2.19. The highest BCUT2D eigenvalue weighted by atomic mass is 15.3. The second-order valence-corrected chi connectivity index (χ2v) is 2.57. The minimum atomic E-state index is 1.03. The van der Waals surface area contributed by atoms with Crippen LogP contribution in [0.3, 0.4) is 0 Å². The van der Waals surface area contributed by atoms with Crippen LogP contribution in [-0.4, -0.2) is 23.3 Å². The Morgan fingerprint density at radius 2 is 2.09 bits per heavy atom. The summed E-state index contributed by atoms with van der Waals surface area (Å²) in [4.78, 5) is 2.25. The van der Waals surface area contributed by atoms with E-state index in [9.17, 15) is 0 Å². The van der Waals surface area contributed by atoms with Crippen LogP contribution in [0.25, 0.3) is 0 Å². The summed E-state index contributed by atoms with van der Waals surface area (Å²) in [5.74, 6) is 1.15. The smallest absolute Gasteiger partial charge is 0.126 e. The van der Waals surface area contributed by atoms with E-state index < -0.39 is 0 Å². The Balaban J connectivity index is 2.81. The van der Waals surface area contributed by atoms with E-state index in [-0.39, 0.29) is 0 Å². The molecular weight excluding hydrogens is 138 g/mol. The Morgan fingerprint density at radius 1 is 1.45 bits per heavy atom. The van der Waals surface area contributed by atoms with Crippen LogP contribution < -0.4 is 4.90 Å². The van der Waals surface area contributed by atoms with E-state index in [0.717, 1.165) is 18.9 Å². The second-order valence-electron chi connectivity index (χ2n) is 2.57. The van der Waals surface area contributed by atoms with Crippen LogP contribution in [0.4, 0.5) is 5.82 Å². The van der Waals surface area contributed by atoms with Gasteiger partial charge >= 0.3 is 0 Å². The summed E-state index contributed by atoms with van der Waals surface area (Å²) in [5.41, 5.74) is 1.22. The van der Waals surface area contributed by atoms with Crippen LogP contribution in [0.15, 0.2) is 6.20 Å². The molecule has 0 fully saturated rings. The fourth-order valence-electron chi connectivity index (χ4n) is 1.20. The Morgan fingerprint density at radius 3 is 2.45 bits per heavy atom. The summed E-state index contributed by atoms with van der Waals surface area (Å²) in [6.45, 7) is 8.41. The molecule has 0 atom stereocenters. The molecule has 0 aliphatic heterocycles. The van der Waals surface area contributed by atoms with Crippen molar-refractivity contribution in [1.82, 2.24) is 10.2 Å². The third-order valence-corrected chi connectivity index (χ3v) is 1.88. The summed E-state index contributed by atoms with van der Waals surface area (Å²) < 4.78 is 0. The molecule has 1 aromatic heterocycles. The molecule has 0 saturated carbocycles. The van der Waals surface area contributed by atoms with Crippen molar-refractivity contribution in [2.75, 3.05) is 18.0 Å². The number of nitrogens with one attached hydrogen (secondary N) is 1. The van der Waals surface area contributed by atoms with Gasteiger partial charge in [0.1, 0.15) is 5.82 Å². The Hall–Kier alpha value is -0.990. The molecule has 1 aromatic rings. The van der Waals surface area contributed by atoms with Crippen LogP contribution in [-0.2, 0) is 0 Å². The van der Waals surface area contributed by atoms with Crippen molar-refractivity contribution in [3.8, 4) is 0 Å². The number of anilines is 1. The molecule has 0 amide bonds. The summed E-state index contributed by atoms with van der Waals surface area (Å²) >= 11 is 0. The normalized spacial score (nSPS) is 10.1. The highest BCUT2D eigenvalue weighted by molar-refractivity contribution is 5.44. The van der Waals surface area contributed by atoms with Crippen molar-refractivity contribution in [3.63, 3.8) is 0 Å². The first-order valence-electron chi connectivity index (χ1n) is 4.04. The first kappa shape index (κ1) is 8.11. The van der Waals surface area contributed by atoms with Crippen LogP contribution in [0.5, 0.6) is 0 Å². The molecule has 1 rings (SSSR count). The SMILES string of the molecule is CCN(CC)c1[nH]ncc1C. The molecule has 0 aliphatic carbocycles. The van der Waals surface area contributed by atoms with Crippen LogP contribution in [0.2, 0.25) is 0 Å². The first-order chi connectivity index (χ1) is 5.29. The fraction of sp³-hybridized carbons (Fsp3) is 0.625. The molecule has 0 unspecified atom stereocenters. The zero-order valence-electron chi connectivity index (χ0n) is 7.39. The highest BCUT2D eigenvalue weighted by Gasteiger charge is 2.05. The van der Waals surface area contributed by atoms with Crippen LogP contribution in [0.1, 0.15) is 19.4 Å². The molecule has 1 N–H and O–H groups in total. The number of aromatic amines is 1. The molecule has 3 nitrogen and oxygen atoms in total. The monoisotopic (exact) mass is 153 g/mol. The zero-order chi connectivity index (χ0) is 8.27. The number of H-pyrrole nitrogens is 1. The van der Waals surface area contributed by atoms with Crippen molar-refractivity contribution < 1.29 is 0 Å². The standard InChI is InChI=1S/C8H15N3/c1-4-11(5-2)8-7(3)6-9-10-8/h6H,4-5H2,1-3H3,(H,9,10). The van der Waals surface area contributed by atoms with E-state index in [1.165, 1.54) is 5.56 Å². The van der Waals surface area contributed by atoms with E-state index in [1.807, 2.05) is 6.20 Å². The van der Waals surface area contributed by atoms with Crippen molar-refractivity contribution in [2.45, 2.75) is 20.8 Å². The van der Waals surface area contributed by atoms with Crippen molar-refractivity contribution in [2.24, 2.45) is 0 Å². The van der Waals surface area contributed by atoms with Gasteiger partial charge in [0.2, 0.25) is 0 Å². The van der Waals surface area contributed by atoms with Gasteiger partial charge < -0.3 is 4.90 Å². The van der Waals surface area contributed by atoms with E-state index in [1.54, 1.807) is 0 Å². The van der Waals surface area contributed by atoms with Gasteiger partial charge in [-0.1, -0.05) is 0 Å². The quantitative estimate of drug-likeness (QED) is 0.714. The third-order valence-electron chi connectivity index (χ3n) is 1.88. The molecular formula is C8H15N3.